The summed E-state index contributed by atoms with van der Waals surface area (Å²) >= 11 is 7.51. The Hall–Kier alpha value is -1.63. The van der Waals surface area contributed by atoms with E-state index in [0.29, 0.717) is 10.9 Å². The average Bonchev–Trinajstić information content (AvgIpc) is 2.72. The van der Waals surface area contributed by atoms with Gasteiger partial charge in [0.15, 0.2) is 5.16 Å². The molecule has 2 aromatic rings. The minimum Gasteiger partial charge on any atom is -0.339 e. The molecular weight excluding hydrogens is 392 g/mol. The normalized spacial score (nSPS) is 17.4. The molecule has 2 heterocycles. The van der Waals surface area contributed by atoms with Gasteiger partial charge < -0.3 is 9.80 Å². The summed E-state index contributed by atoms with van der Waals surface area (Å²) < 4.78 is 0. The van der Waals surface area contributed by atoms with Crippen LogP contribution in [0.4, 0.5) is 0 Å². The van der Waals surface area contributed by atoms with Gasteiger partial charge in [0.05, 0.1) is 11.4 Å². The van der Waals surface area contributed by atoms with Gasteiger partial charge in [0.2, 0.25) is 5.91 Å². The average molecular weight is 417 g/mol. The lowest BCUT2D eigenvalue weighted by molar-refractivity contribution is -0.129. The fourth-order valence-electron chi connectivity index (χ4n) is 3.76. The monoisotopic (exact) mass is 416 g/mol. The zero-order chi connectivity index (χ0) is 19.5. The van der Waals surface area contributed by atoms with Gasteiger partial charge in [-0.05, 0) is 44.9 Å². The Morgan fingerprint density at radius 1 is 1.07 bits per heavy atom. The van der Waals surface area contributed by atoms with E-state index in [4.69, 9.17) is 21.6 Å². The lowest BCUT2D eigenvalue weighted by atomic mass is 9.92. The number of thioether (sulfide) groups is 1. The number of hydrogen-bond acceptors (Lipinski definition) is 5. The van der Waals surface area contributed by atoms with Crippen molar-refractivity contribution < 1.29 is 4.79 Å². The quantitative estimate of drug-likeness (QED) is 0.563. The van der Waals surface area contributed by atoms with Gasteiger partial charge in [0, 0.05) is 48.0 Å². The van der Waals surface area contributed by atoms with Crippen molar-refractivity contribution in [1.82, 2.24) is 19.8 Å². The highest BCUT2D eigenvalue weighted by molar-refractivity contribution is 7.99. The number of halogens is 1. The van der Waals surface area contributed by atoms with Crippen molar-refractivity contribution in [3.8, 4) is 11.3 Å². The minimum absolute atomic E-state index is 0.174. The summed E-state index contributed by atoms with van der Waals surface area (Å²) in [5, 5.41) is 1.42. The third-order valence-electron chi connectivity index (χ3n) is 5.46. The zero-order valence-corrected chi connectivity index (χ0v) is 17.7. The summed E-state index contributed by atoms with van der Waals surface area (Å²) in [6, 6.07) is 7.84. The Morgan fingerprint density at radius 2 is 1.79 bits per heavy atom. The number of likely N-dealkylation sites (N-methyl/N-ethyl adjacent to an activating group) is 1. The lowest BCUT2D eigenvalue weighted by Crippen LogP contribution is -2.47. The standard InChI is InChI=1S/C21H25ClN4OS/c1-25-10-12-26(13-11-25)19(27)14-28-21-23-18-5-3-2-4-17(18)20(24-21)15-6-8-16(22)9-7-15/h6-9H,2-5,10-14H2,1H3. The molecule has 1 amide bonds. The van der Waals surface area contributed by atoms with E-state index >= 15 is 0 Å². The molecule has 0 saturated carbocycles. The van der Waals surface area contributed by atoms with Crippen LogP contribution >= 0.6 is 23.4 Å². The smallest absolute Gasteiger partial charge is 0.233 e. The van der Waals surface area contributed by atoms with Gasteiger partial charge in [0.1, 0.15) is 0 Å². The molecule has 4 rings (SSSR count). The molecule has 1 aliphatic heterocycles. The van der Waals surface area contributed by atoms with Crippen LogP contribution in [0.5, 0.6) is 0 Å². The SMILES string of the molecule is CN1CCN(C(=O)CSc2nc3c(c(-c4ccc(Cl)cc4)n2)CCCC3)CC1. The van der Waals surface area contributed by atoms with Gasteiger partial charge >= 0.3 is 0 Å². The molecule has 148 valence electrons. The van der Waals surface area contributed by atoms with Crippen LogP contribution in [-0.4, -0.2) is 64.7 Å². The first-order chi connectivity index (χ1) is 13.6. The third-order valence-corrected chi connectivity index (χ3v) is 6.55. The summed E-state index contributed by atoms with van der Waals surface area (Å²) in [6.07, 6.45) is 4.33. The summed E-state index contributed by atoms with van der Waals surface area (Å²) in [5.41, 5.74) is 4.46. The number of fused-ring (bicyclic) bond motifs is 1. The Morgan fingerprint density at radius 3 is 2.54 bits per heavy atom. The van der Waals surface area contributed by atoms with Crippen molar-refractivity contribution in [3.05, 3.63) is 40.5 Å². The van der Waals surface area contributed by atoms with Gasteiger partial charge in [-0.3, -0.25) is 4.79 Å². The molecule has 0 N–H and O–H groups in total. The number of amides is 1. The fourth-order valence-corrected chi connectivity index (χ4v) is 4.65. The molecule has 1 aromatic carbocycles. The maximum Gasteiger partial charge on any atom is 0.233 e. The Labute approximate surface area is 175 Å². The summed E-state index contributed by atoms with van der Waals surface area (Å²) in [5.74, 6) is 0.565. The second-order valence-corrected chi connectivity index (χ2v) is 8.85. The van der Waals surface area contributed by atoms with Crippen LogP contribution in [0.1, 0.15) is 24.1 Å². The van der Waals surface area contributed by atoms with E-state index < -0.39 is 0 Å². The molecule has 28 heavy (non-hydrogen) atoms. The Kier molecular flexibility index (Phi) is 6.19. The highest BCUT2D eigenvalue weighted by Crippen LogP contribution is 2.32. The summed E-state index contributed by atoms with van der Waals surface area (Å²) in [4.78, 5) is 26.4. The maximum atomic E-state index is 12.6. The van der Waals surface area contributed by atoms with E-state index in [1.165, 1.54) is 23.7 Å². The maximum absolute atomic E-state index is 12.6. The van der Waals surface area contributed by atoms with E-state index in [-0.39, 0.29) is 5.91 Å². The van der Waals surface area contributed by atoms with E-state index in [1.807, 2.05) is 29.2 Å². The predicted octanol–water partition coefficient (Wildman–Crippen LogP) is 3.54. The molecule has 0 atom stereocenters. The van der Waals surface area contributed by atoms with Crippen LogP contribution in [0.15, 0.2) is 29.4 Å². The largest absolute Gasteiger partial charge is 0.339 e. The molecule has 0 spiro atoms. The lowest BCUT2D eigenvalue weighted by Gasteiger charge is -2.32. The van der Waals surface area contributed by atoms with Crippen molar-refractivity contribution in [2.45, 2.75) is 30.8 Å². The Bertz CT molecular complexity index is 850. The topological polar surface area (TPSA) is 49.3 Å². The molecule has 7 heteroatoms. The van der Waals surface area contributed by atoms with Crippen LogP contribution in [0.3, 0.4) is 0 Å². The van der Waals surface area contributed by atoms with E-state index in [0.717, 1.165) is 67.4 Å². The summed E-state index contributed by atoms with van der Waals surface area (Å²) in [7, 11) is 2.09. The highest BCUT2D eigenvalue weighted by atomic mass is 35.5. The number of aryl methyl sites for hydroxylation is 1. The molecule has 1 saturated heterocycles. The number of nitrogens with zero attached hydrogens (tertiary/aromatic N) is 4. The zero-order valence-electron chi connectivity index (χ0n) is 16.2. The number of rotatable bonds is 4. The highest BCUT2D eigenvalue weighted by Gasteiger charge is 2.22. The number of carbonyl (C=O) groups excluding carboxylic acids is 1. The number of piperazine rings is 1. The van der Waals surface area contributed by atoms with Gasteiger partial charge in [-0.15, -0.1) is 0 Å². The third kappa shape index (κ3) is 4.50. The summed E-state index contributed by atoms with van der Waals surface area (Å²) in [6.45, 7) is 3.48. The van der Waals surface area contributed by atoms with Crippen molar-refractivity contribution >= 4 is 29.3 Å². The van der Waals surface area contributed by atoms with Gasteiger partial charge in [0.25, 0.3) is 0 Å². The van der Waals surface area contributed by atoms with E-state index in [9.17, 15) is 4.79 Å². The van der Waals surface area contributed by atoms with Crippen LogP contribution in [0, 0.1) is 0 Å². The molecule has 1 aliphatic carbocycles. The van der Waals surface area contributed by atoms with Crippen LogP contribution in [0.25, 0.3) is 11.3 Å². The number of carbonyl (C=O) groups is 1. The van der Waals surface area contributed by atoms with Crippen molar-refractivity contribution in [1.29, 1.82) is 0 Å². The molecule has 0 unspecified atom stereocenters. The molecular formula is C21H25ClN4OS. The predicted molar refractivity (Wildman–Crippen MR) is 114 cm³/mol. The van der Waals surface area contributed by atoms with Gasteiger partial charge in [-0.25, -0.2) is 9.97 Å². The first-order valence-corrected chi connectivity index (χ1v) is 11.2. The fraction of sp³-hybridized carbons (Fsp3) is 0.476. The van der Waals surface area contributed by atoms with Crippen molar-refractivity contribution in [2.24, 2.45) is 0 Å². The van der Waals surface area contributed by atoms with E-state index in [2.05, 4.69) is 11.9 Å². The van der Waals surface area contributed by atoms with Crippen molar-refractivity contribution in [2.75, 3.05) is 39.0 Å². The molecule has 2 aliphatic rings. The van der Waals surface area contributed by atoms with Crippen LogP contribution in [-0.2, 0) is 17.6 Å². The van der Waals surface area contributed by atoms with Crippen LogP contribution < -0.4 is 0 Å². The second kappa shape index (κ2) is 8.80. The molecule has 1 fully saturated rings. The Balaban J connectivity index is 1.53. The first-order valence-electron chi connectivity index (χ1n) is 9.85. The first kappa shape index (κ1) is 19.7. The molecule has 5 nitrogen and oxygen atoms in total. The second-order valence-electron chi connectivity index (χ2n) is 7.47. The van der Waals surface area contributed by atoms with Gasteiger partial charge in [-0.2, -0.15) is 0 Å². The van der Waals surface area contributed by atoms with Crippen LogP contribution in [0.2, 0.25) is 5.02 Å². The molecule has 1 aromatic heterocycles. The molecule has 0 bridgehead atoms. The van der Waals surface area contributed by atoms with E-state index in [1.54, 1.807) is 0 Å². The molecule has 0 radical (unpaired) electrons. The number of hydrogen-bond donors (Lipinski definition) is 0. The van der Waals surface area contributed by atoms with Gasteiger partial charge in [-0.1, -0.05) is 35.5 Å². The number of aromatic nitrogens is 2. The number of benzene rings is 1. The minimum atomic E-state index is 0.174. The van der Waals surface area contributed by atoms with Crippen molar-refractivity contribution in [3.63, 3.8) is 0 Å².